The highest BCUT2D eigenvalue weighted by atomic mass is 16.4. The fourth-order valence-corrected chi connectivity index (χ4v) is 7.82. The number of rotatable bonds is 4. The molecule has 3 heteroatoms. The van der Waals surface area contributed by atoms with Gasteiger partial charge in [-0.1, -0.05) is 32.4 Å². The van der Waals surface area contributed by atoms with Gasteiger partial charge in [-0.25, -0.2) is 0 Å². The van der Waals surface area contributed by atoms with Crippen LogP contribution in [-0.4, -0.2) is 16.9 Å². The molecule has 0 aromatic heterocycles. The number of carbonyl (C=O) groups excluding carboxylic acids is 1. The molecular weight excluding hydrogens is 336 g/mol. The fraction of sp³-hybridized carbons (Fsp3) is 0.833. The maximum Gasteiger partial charge on any atom is 0.303 e. The molecule has 1 unspecified atom stereocenters. The van der Waals surface area contributed by atoms with Crippen molar-refractivity contribution in [3.05, 3.63) is 11.6 Å². The van der Waals surface area contributed by atoms with E-state index in [0.29, 0.717) is 41.3 Å². The quantitative estimate of drug-likeness (QED) is 0.650. The van der Waals surface area contributed by atoms with Crippen LogP contribution in [0.1, 0.15) is 85.0 Å². The van der Waals surface area contributed by atoms with E-state index in [1.54, 1.807) is 5.57 Å². The fourth-order valence-electron chi connectivity index (χ4n) is 7.82. The van der Waals surface area contributed by atoms with Gasteiger partial charge in [0.25, 0.3) is 0 Å². The molecule has 3 nitrogen and oxygen atoms in total. The van der Waals surface area contributed by atoms with Gasteiger partial charge in [-0.05, 0) is 85.4 Å². The maximum absolute atomic E-state index is 12.0. The summed E-state index contributed by atoms with van der Waals surface area (Å²) in [5, 5.41) is 9.08. The Hall–Kier alpha value is -1.12. The van der Waals surface area contributed by atoms with Crippen LogP contribution in [0.25, 0.3) is 0 Å². The first-order chi connectivity index (χ1) is 12.8. The average Bonchev–Trinajstić information content (AvgIpc) is 2.97. The Morgan fingerprint density at radius 1 is 1.26 bits per heavy atom. The predicted octanol–water partition coefficient (Wildman–Crippen LogP) is 5.64. The monoisotopic (exact) mass is 372 g/mol. The third-order valence-corrected chi connectivity index (χ3v) is 9.45. The first-order valence-electron chi connectivity index (χ1n) is 11.2. The van der Waals surface area contributed by atoms with Crippen molar-refractivity contribution in [1.29, 1.82) is 0 Å². The van der Waals surface area contributed by atoms with Crippen LogP contribution in [0.4, 0.5) is 0 Å². The minimum Gasteiger partial charge on any atom is -0.481 e. The molecule has 0 bridgehead atoms. The Kier molecular flexibility index (Phi) is 4.79. The Morgan fingerprint density at radius 3 is 2.78 bits per heavy atom. The van der Waals surface area contributed by atoms with Gasteiger partial charge in [0.05, 0.1) is 0 Å². The van der Waals surface area contributed by atoms with E-state index in [9.17, 15) is 9.59 Å². The number of hydrogen-bond donors (Lipinski definition) is 1. The molecule has 3 saturated carbocycles. The van der Waals surface area contributed by atoms with Crippen LogP contribution in [0.5, 0.6) is 0 Å². The molecule has 150 valence electrons. The summed E-state index contributed by atoms with van der Waals surface area (Å²) in [5.41, 5.74) is 2.33. The SMILES string of the molecule is C[C@H](CCC(=O)O)[C@H]1CC=C2[C@@H]3CCC4CC(=O)CC[C@]4(C)[C@H]3CC[C@@]21C. The second-order valence-corrected chi connectivity index (χ2v) is 10.6. The predicted molar refractivity (Wildman–Crippen MR) is 106 cm³/mol. The molecule has 0 amide bonds. The van der Waals surface area contributed by atoms with Crippen LogP contribution in [-0.2, 0) is 9.59 Å². The summed E-state index contributed by atoms with van der Waals surface area (Å²) in [5.74, 6) is 2.95. The number of aliphatic carboxylic acids is 1. The first-order valence-corrected chi connectivity index (χ1v) is 11.2. The van der Waals surface area contributed by atoms with Crippen LogP contribution in [0.15, 0.2) is 11.6 Å². The molecule has 0 saturated heterocycles. The lowest BCUT2D eigenvalue weighted by molar-refractivity contribution is -0.137. The Bertz CT molecular complexity index is 665. The summed E-state index contributed by atoms with van der Waals surface area (Å²) in [6, 6.07) is 0. The minimum absolute atomic E-state index is 0.271. The zero-order chi connectivity index (χ0) is 19.4. The van der Waals surface area contributed by atoms with Gasteiger partial charge in [0, 0.05) is 19.3 Å². The van der Waals surface area contributed by atoms with Crippen LogP contribution >= 0.6 is 0 Å². The first kappa shape index (κ1) is 19.2. The molecule has 3 fully saturated rings. The third kappa shape index (κ3) is 3.00. The van der Waals surface area contributed by atoms with Crippen molar-refractivity contribution in [2.75, 3.05) is 0 Å². The van der Waals surface area contributed by atoms with Gasteiger partial charge in [0.1, 0.15) is 5.78 Å². The van der Waals surface area contributed by atoms with Crippen LogP contribution in [0, 0.1) is 40.4 Å². The summed E-state index contributed by atoms with van der Waals surface area (Å²) < 4.78 is 0. The van der Waals surface area contributed by atoms with Crippen molar-refractivity contribution in [2.45, 2.75) is 85.0 Å². The van der Waals surface area contributed by atoms with E-state index in [-0.39, 0.29) is 5.41 Å². The number of allylic oxidation sites excluding steroid dienone is 2. The number of carboxylic acid groups (broad SMARTS) is 1. The number of carboxylic acids is 1. The van der Waals surface area contributed by atoms with Crippen LogP contribution in [0.2, 0.25) is 0 Å². The summed E-state index contributed by atoms with van der Waals surface area (Å²) in [7, 11) is 0. The van der Waals surface area contributed by atoms with Crippen molar-refractivity contribution in [3.8, 4) is 0 Å². The lowest BCUT2D eigenvalue weighted by Gasteiger charge is -2.59. The van der Waals surface area contributed by atoms with Gasteiger partial charge in [-0.15, -0.1) is 0 Å². The van der Waals surface area contributed by atoms with Gasteiger partial charge < -0.3 is 5.11 Å². The zero-order valence-electron chi connectivity index (χ0n) is 17.3. The normalized spacial score (nSPS) is 44.7. The van der Waals surface area contributed by atoms with E-state index in [2.05, 4.69) is 26.8 Å². The summed E-state index contributed by atoms with van der Waals surface area (Å²) in [6.07, 6.45) is 12.5. The van der Waals surface area contributed by atoms with E-state index in [1.165, 1.54) is 25.7 Å². The third-order valence-electron chi connectivity index (χ3n) is 9.45. The summed E-state index contributed by atoms with van der Waals surface area (Å²) >= 11 is 0. The molecule has 27 heavy (non-hydrogen) atoms. The molecule has 4 rings (SSSR count). The van der Waals surface area contributed by atoms with Crippen molar-refractivity contribution >= 4 is 11.8 Å². The lowest BCUT2D eigenvalue weighted by atomic mass is 9.45. The molecule has 4 aliphatic carbocycles. The second kappa shape index (κ2) is 6.74. The highest BCUT2D eigenvalue weighted by Crippen LogP contribution is 2.66. The molecule has 0 aromatic carbocycles. The molecule has 0 aromatic rings. The standard InChI is InChI=1S/C24H36O3/c1-15(4-9-22(26)27)19-7-8-20-18-6-5-16-14-17(25)10-12-23(16,2)21(18)11-13-24(19,20)3/h8,15-16,18-19,21H,4-7,9-14H2,1-3H3,(H,26,27)/t15-,16?,18+,19-,21+,23+,24-/m1/s1. The molecular formula is C24H36O3. The smallest absolute Gasteiger partial charge is 0.303 e. The van der Waals surface area contributed by atoms with E-state index in [4.69, 9.17) is 5.11 Å². The molecule has 7 atom stereocenters. The average molecular weight is 373 g/mol. The maximum atomic E-state index is 12.0. The second-order valence-electron chi connectivity index (χ2n) is 10.6. The highest BCUT2D eigenvalue weighted by Gasteiger charge is 2.57. The van der Waals surface area contributed by atoms with E-state index in [0.717, 1.165) is 38.0 Å². The van der Waals surface area contributed by atoms with Crippen molar-refractivity contribution in [1.82, 2.24) is 0 Å². The molecule has 0 radical (unpaired) electrons. The van der Waals surface area contributed by atoms with Gasteiger partial charge in [-0.3, -0.25) is 9.59 Å². The zero-order valence-corrected chi connectivity index (χ0v) is 17.3. The summed E-state index contributed by atoms with van der Waals surface area (Å²) in [6.45, 7) is 7.24. The Labute approximate surface area is 164 Å². The van der Waals surface area contributed by atoms with Crippen molar-refractivity contribution < 1.29 is 14.7 Å². The number of fused-ring (bicyclic) bond motifs is 5. The Morgan fingerprint density at radius 2 is 2.04 bits per heavy atom. The van der Waals surface area contributed by atoms with E-state index >= 15 is 0 Å². The molecule has 0 spiro atoms. The number of carbonyl (C=O) groups is 2. The Balaban J connectivity index is 1.53. The van der Waals surface area contributed by atoms with Gasteiger partial charge in [0.2, 0.25) is 0 Å². The van der Waals surface area contributed by atoms with Crippen LogP contribution < -0.4 is 0 Å². The number of hydrogen-bond acceptors (Lipinski definition) is 2. The molecule has 1 N–H and O–H groups in total. The topological polar surface area (TPSA) is 54.4 Å². The van der Waals surface area contributed by atoms with Crippen LogP contribution in [0.3, 0.4) is 0 Å². The molecule has 0 heterocycles. The highest BCUT2D eigenvalue weighted by molar-refractivity contribution is 5.79. The number of Topliss-reactive ketones (excluding diaryl/α,β-unsaturated/α-hetero) is 1. The molecule has 4 aliphatic rings. The molecule has 0 aliphatic heterocycles. The number of ketones is 1. The van der Waals surface area contributed by atoms with E-state index in [1.807, 2.05) is 0 Å². The van der Waals surface area contributed by atoms with Gasteiger partial charge >= 0.3 is 5.97 Å². The summed E-state index contributed by atoms with van der Waals surface area (Å²) in [4.78, 5) is 23.1. The van der Waals surface area contributed by atoms with Gasteiger partial charge in [0.15, 0.2) is 0 Å². The van der Waals surface area contributed by atoms with Crippen molar-refractivity contribution in [3.63, 3.8) is 0 Å². The van der Waals surface area contributed by atoms with Gasteiger partial charge in [-0.2, -0.15) is 0 Å². The van der Waals surface area contributed by atoms with E-state index < -0.39 is 5.97 Å². The van der Waals surface area contributed by atoms with Crippen molar-refractivity contribution in [2.24, 2.45) is 40.4 Å². The lowest BCUT2D eigenvalue weighted by Crippen LogP contribution is -2.51. The largest absolute Gasteiger partial charge is 0.481 e. The minimum atomic E-state index is -0.667.